The SMILES string of the molecule is Cc1cccc(OCC(O)COC2CCOCC2)c1C. The first kappa shape index (κ1) is 15.3. The number of aliphatic hydroxyl groups excluding tert-OH is 1. The Hall–Kier alpha value is -1.10. The summed E-state index contributed by atoms with van der Waals surface area (Å²) in [4.78, 5) is 0. The van der Waals surface area contributed by atoms with Crippen LogP contribution in [0.3, 0.4) is 0 Å². The van der Waals surface area contributed by atoms with Crippen LogP contribution < -0.4 is 4.74 Å². The molecule has 0 radical (unpaired) electrons. The van der Waals surface area contributed by atoms with E-state index in [4.69, 9.17) is 14.2 Å². The molecule has 0 aromatic heterocycles. The highest BCUT2D eigenvalue weighted by molar-refractivity contribution is 5.38. The molecule has 0 spiro atoms. The van der Waals surface area contributed by atoms with Gasteiger partial charge in [-0.2, -0.15) is 0 Å². The van der Waals surface area contributed by atoms with Crippen LogP contribution in [-0.4, -0.2) is 43.7 Å². The van der Waals surface area contributed by atoms with Crippen LogP contribution in [0.5, 0.6) is 5.75 Å². The lowest BCUT2D eigenvalue weighted by Crippen LogP contribution is -2.30. The molecule has 0 amide bonds. The third kappa shape index (κ3) is 4.47. The van der Waals surface area contributed by atoms with Gasteiger partial charge < -0.3 is 19.3 Å². The predicted molar refractivity (Wildman–Crippen MR) is 77.2 cm³/mol. The lowest BCUT2D eigenvalue weighted by atomic mass is 10.1. The fraction of sp³-hybridized carbons (Fsp3) is 0.625. The van der Waals surface area contributed by atoms with Crippen LogP contribution in [0.15, 0.2) is 18.2 Å². The maximum Gasteiger partial charge on any atom is 0.122 e. The van der Waals surface area contributed by atoms with E-state index in [-0.39, 0.29) is 12.7 Å². The van der Waals surface area contributed by atoms with Gasteiger partial charge in [0.25, 0.3) is 0 Å². The molecule has 0 bridgehead atoms. The smallest absolute Gasteiger partial charge is 0.122 e. The summed E-state index contributed by atoms with van der Waals surface area (Å²) < 4.78 is 16.6. The fourth-order valence-electron chi connectivity index (χ4n) is 2.20. The van der Waals surface area contributed by atoms with E-state index >= 15 is 0 Å². The summed E-state index contributed by atoms with van der Waals surface area (Å²) in [6.07, 6.45) is 1.42. The molecular weight excluding hydrogens is 256 g/mol. The monoisotopic (exact) mass is 280 g/mol. The van der Waals surface area contributed by atoms with Gasteiger partial charge in [-0.1, -0.05) is 12.1 Å². The number of hydrogen-bond acceptors (Lipinski definition) is 4. The largest absolute Gasteiger partial charge is 0.491 e. The van der Waals surface area contributed by atoms with Crippen molar-refractivity contribution in [3.05, 3.63) is 29.3 Å². The van der Waals surface area contributed by atoms with Crippen molar-refractivity contribution in [3.63, 3.8) is 0 Å². The van der Waals surface area contributed by atoms with Gasteiger partial charge in [-0.15, -0.1) is 0 Å². The third-order valence-electron chi connectivity index (χ3n) is 3.68. The molecule has 20 heavy (non-hydrogen) atoms. The maximum atomic E-state index is 9.92. The highest BCUT2D eigenvalue weighted by Crippen LogP contribution is 2.20. The summed E-state index contributed by atoms with van der Waals surface area (Å²) >= 11 is 0. The second kappa shape index (κ2) is 7.62. The average Bonchev–Trinajstić information content (AvgIpc) is 2.48. The second-order valence-corrected chi connectivity index (χ2v) is 5.31. The summed E-state index contributed by atoms with van der Waals surface area (Å²) in [7, 11) is 0. The minimum atomic E-state index is -0.599. The molecule has 4 nitrogen and oxygen atoms in total. The van der Waals surface area contributed by atoms with Crippen LogP contribution in [0.4, 0.5) is 0 Å². The Labute approximate surface area is 120 Å². The maximum absolute atomic E-state index is 9.92. The van der Waals surface area contributed by atoms with Crippen LogP contribution in [0, 0.1) is 13.8 Å². The first-order valence-electron chi connectivity index (χ1n) is 7.23. The van der Waals surface area contributed by atoms with E-state index in [1.165, 1.54) is 5.56 Å². The third-order valence-corrected chi connectivity index (χ3v) is 3.68. The molecule has 1 aromatic carbocycles. The van der Waals surface area contributed by atoms with Gasteiger partial charge in [0.2, 0.25) is 0 Å². The van der Waals surface area contributed by atoms with Crippen molar-refractivity contribution < 1.29 is 19.3 Å². The van der Waals surface area contributed by atoms with Crippen LogP contribution in [0.1, 0.15) is 24.0 Å². The van der Waals surface area contributed by atoms with Gasteiger partial charge in [-0.3, -0.25) is 0 Å². The van der Waals surface area contributed by atoms with E-state index in [0.29, 0.717) is 6.61 Å². The number of ether oxygens (including phenoxy) is 3. The molecule has 1 aromatic rings. The quantitative estimate of drug-likeness (QED) is 0.868. The normalized spacial score (nSPS) is 17.9. The molecule has 2 rings (SSSR count). The van der Waals surface area contributed by atoms with Gasteiger partial charge in [0.15, 0.2) is 0 Å². The Morgan fingerprint density at radius 2 is 2.00 bits per heavy atom. The van der Waals surface area contributed by atoms with Gasteiger partial charge in [0.05, 0.1) is 12.7 Å². The molecule has 112 valence electrons. The van der Waals surface area contributed by atoms with Gasteiger partial charge in [-0.05, 0) is 43.9 Å². The molecule has 1 saturated heterocycles. The zero-order chi connectivity index (χ0) is 14.4. The van der Waals surface area contributed by atoms with Crippen molar-refractivity contribution in [1.29, 1.82) is 0 Å². The van der Waals surface area contributed by atoms with E-state index in [9.17, 15) is 5.11 Å². The molecule has 1 atom stereocenters. The average molecular weight is 280 g/mol. The van der Waals surface area contributed by atoms with Crippen molar-refractivity contribution in [2.45, 2.75) is 38.9 Å². The van der Waals surface area contributed by atoms with E-state index < -0.39 is 6.10 Å². The van der Waals surface area contributed by atoms with E-state index in [2.05, 4.69) is 0 Å². The highest BCUT2D eigenvalue weighted by Gasteiger charge is 2.16. The Morgan fingerprint density at radius 3 is 2.75 bits per heavy atom. The van der Waals surface area contributed by atoms with Crippen molar-refractivity contribution in [2.75, 3.05) is 26.4 Å². The molecule has 0 aliphatic carbocycles. The number of rotatable bonds is 6. The molecular formula is C16H24O4. The number of aliphatic hydroxyl groups is 1. The lowest BCUT2D eigenvalue weighted by Gasteiger charge is -2.23. The summed E-state index contributed by atoms with van der Waals surface area (Å²) in [6.45, 7) is 6.14. The standard InChI is InChI=1S/C16H24O4/c1-12-4-3-5-16(13(12)2)20-11-14(17)10-19-15-6-8-18-9-7-15/h3-5,14-15,17H,6-11H2,1-2H3. The number of hydrogen-bond donors (Lipinski definition) is 1. The van der Waals surface area contributed by atoms with E-state index in [0.717, 1.165) is 37.4 Å². The molecule has 1 fully saturated rings. The lowest BCUT2D eigenvalue weighted by molar-refractivity contribution is -0.0659. The highest BCUT2D eigenvalue weighted by atomic mass is 16.5. The Balaban J connectivity index is 1.71. The van der Waals surface area contributed by atoms with Gasteiger partial charge >= 0.3 is 0 Å². The molecule has 1 aliphatic rings. The minimum Gasteiger partial charge on any atom is -0.491 e. The predicted octanol–water partition coefficient (Wildman–Crippen LogP) is 2.24. The molecule has 1 aliphatic heterocycles. The Bertz CT molecular complexity index is 413. The molecule has 1 unspecified atom stereocenters. The molecule has 0 saturated carbocycles. The van der Waals surface area contributed by atoms with Gasteiger partial charge in [0, 0.05) is 13.2 Å². The summed E-state index contributed by atoms with van der Waals surface area (Å²) in [5.41, 5.74) is 2.31. The zero-order valence-corrected chi connectivity index (χ0v) is 12.3. The zero-order valence-electron chi connectivity index (χ0n) is 12.3. The van der Waals surface area contributed by atoms with E-state index in [1.54, 1.807) is 0 Å². The Morgan fingerprint density at radius 1 is 1.25 bits per heavy atom. The number of benzene rings is 1. The van der Waals surface area contributed by atoms with Crippen LogP contribution in [0.2, 0.25) is 0 Å². The van der Waals surface area contributed by atoms with Gasteiger partial charge in [-0.25, -0.2) is 0 Å². The van der Waals surface area contributed by atoms with Gasteiger partial charge in [0.1, 0.15) is 18.5 Å². The first-order valence-corrected chi connectivity index (χ1v) is 7.23. The summed E-state index contributed by atoms with van der Waals surface area (Å²) in [6, 6.07) is 5.93. The van der Waals surface area contributed by atoms with E-state index in [1.807, 2.05) is 32.0 Å². The number of aryl methyl sites for hydroxylation is 1. The van der Waals surface area contributed by atoms with Crippen molar-refractivity contribution in [1.82, 2.24) is 0 Å². The fourth-order valence-corrected chi connectivity index (χ4v) is 2.20. The Kier molecular flexibility index (Phi) is 5.83. The van der Waals surface area contributed by atoms with Crippen LogP contribution >= 0.6 is 0 Å². The molecule has 4 heteroatoms. The minimum absolute atomic E-state index is 0.208. The van der Waals surface area contributed by atoms with Crippen molar-refractivity contribution >= 4 is 0 Å². The second-order valence-electron chi connectivity index (χ2n) is 5.31. The first-order chi connectivity index (χ1) is 9.66. The van der Waals surface area contributed by atoms with Crippen LogP contribution in [0.25, 0.3) is 0 Å². The molecule has 1 N–H and O–H groups in total. The summed E-state index contributed by atoms with van der Waals surface area (Å²) in [5, 5.41) is 9.92. The van der Waals surface area contributed by atoms with Crippen molar-refractivity contribution in [2.24, 2.45) is 0 Å². The topological polar surface area (TPSA) is 47.9 Å². The molecule has 1 heterocycles. The summed E-state index contributed by atoms with van der Waals surface area (Å²) in [5.74, 6) is 0.829. The van der Waals surface area contributed by atoms with Crippen molar-refractivity contribution in [3.8, 4) is 5.75 Å². The van der Waals surface area contributed by atoms with Crippen LogP contribution in [-0.2, 0) is 9.47 Å².